The highest BCUT2D eigenvalue weighted by Gasteiger charge is 2.12. The molecule has 3 aromatic carbocycles. The fraction of sp³-hybridized carbons (Fsp3) is 0.208. The van der Waals surface area contributed by atoms with Crippen LogP contribution >= 0.6 is 23.4 Å². The van der Waals surface area contributed by atoms with Crippen LogP contribution in [0.4, 0.5) is 5.69 Å². The first-order valence-corrected chi connectivity index (χ1v) is 11.2. The third-order valence-electron chi connectivity index (χ3n) is 4.47. The summed E-state index contributed by atoms with van der Waals surface area (Å²) in [6.07, 6.45) is 2.00. The molecule has 3 rings (SSSR count). The number of thioether (sulfide) groups is 1. The molecular formula is C24H24ClNO3S. The van der Waals surface area contributed by atoms with Gasteiger partial charge in [-0.25, -0.2) is 0 Å². The van der Waals surface area contributed by atoms with E-state index in [1.54, 1.807) is 17.8 Å². The van der Waals surface area contributed by atoms with Gasteiger partial charge in [-0.2, -0.15) is 0 Å². The molecule has 0 unspecified atom stereocenters. The van der Waals surface area contributed by atoms with Gasteiger partial charge in [0, 0.05) is 26.7 Å². The van der Waals surface area contributed by atoms with Crippen molar-refractivity contribution in [2.45, 2.75) is 25.3 Å². The lowest BCUT2D eigenvalue weighted by Crippen LogP contribution is -2.13. The molecule has 0 aromatic heterocycles. The number of hydrogen-bond acceptors (Lipinski definition) is 4. The molecule has 1 amide bonds. The van der Waals surface area contributed by atoms with Crippen molar-refractivity contribution < 1.29 is 14.3 Å². The highest BCUT2D eigenvalue weighted by Crippen LogP contribution is 2.26. The maximum absolute atomic E-state index is 12.8. The number of rotatable bonds is 8. The molecule has 156 valence electrons. The van der Waals surface area contributed by atoms with Crippen LogP contribution in [0.1, 0.15) is 28.4 Å². The van der Waals surface area contributed by atoms with E-state index in [-0.39, 0.29) is 12.5 Å². The molecule has 6 heteroatoms. The normalized spacial score (nSPS) is 10.5. The van der Waals surface area contributed by atoms with Crippen molar-refractivity contribution in [1.29, 1.82) is 0 Å². The Balaban J connectivity index is 1.78. The quantitative estimate of drug-likeness (QED) is 0.400. The second kappa shape index (κ2) is 10.4. The summed E-state index contributed by atoms with van der Waals surface area (Å²) >= 11 is 7.71. The summed E-state index contributed by atoms with van der Waals surface area (Å²) in [5, 5.41) is 3.65. The number of benzene rings is 3. The third-order valence-corrected chi connectivity index (χ3v) is 5.62. The Bertz CT molecular complexity index is 1040. The largest absolute Gasteiger partial charge is 0.493 e. The number of aryl methyl sites for hydroxylation is 1. The molecule has 0 aliphatic carbocycles. The molecule has 0 spiro atoms. The van der Waals surface area contributed by atoms with E-state index in [1.165, 1.54) is 0 Å². The Morgan fingerprint density at radius 3 is 2.63 bits per heavy atom. The van der Waals surface area contributed by atoms with Crippen LogP contribution in [0.5, 0.6) is 11.5 Å². The van der Waals surface area contributed by atoms with Crippen molar-refractivity contribution in [3.63, 3.8) is 0 Å². The Morgan fingerprint density at radius 1 is 1.07 bits per heavy atom. The predicted molar refractivity (Wildman–Crippen MR) is 124 cm³/mol. The van der Waals surface area contributed by atoms with E-state index in [9.17, 15) is 4.79 Å². The van der Waals surface area contributed by atoms with Crippen LogP contribution in [0.2, 0.25) is 5.02 Å². The van der Waals surface area contributed by atoms with E-state index >= 15 is 0 Å². The van der Waals surface area contributed by atoms with Gasteiger partial charge in [-0.1, -0.05) is 17.7 Å². The molecular weight excluding hydrogens is 418 g/mol. The maximum Gasteiger partial charge on any atom is 0.255 e. The monoisotopic (exact) mass is 441 g/mol. The van der Waals surface area contributed by atoms with Crippen molar-refractivity contribution in [2.75, 3.05) is 18.2 Å². The van der Waals surface area contributed by atoms with E-state index in [0.29, 0.717) is 28.7 Å². The molecule has 0 radical (unpaired) electrons. The molecule has 0 aliphatic rings. The predicted octanol–water partition coefficient (Wildman–Crippen LogP) is 6.60. The van der Waals surface area contributed by atoms with Gasteiger partial charge < -0.3 is 14.8 Å². The second-order valence-corrected chi connectivity index (χ2v) is 7.93. The van der Waals surface area contributed by atoms with Crippen molar-refractivity contribution in [1.82, 2.24) is 0 Å². The average molecular weight is 442 g/mol. The van der Waals surface area contributed by atoms with Gasteiger partial charge in [-0.15, -0.1) is 11.8 Å². The van der Waals surface area contributed by atoms with Gasteiger partial charge in [0.25, 0.3) is 5.91 Å². The zero-order chi connectivity index (χ0) is 21.5. The zero-order valence-corrected chi connectivity index (χ0v) is 18.8. The summed E-state index contributed by atoms with van der Waals surface area (Å²) in [4.78, 5) is 13.9. The number of nitrogens with one attached hydrogen (secondary N) is 1. The summed E-state index contributed by atoms with van der Waals surface area (Å²) in [5.41, 5.74) is 3.05. The van der Waals surface area contributed by atoms with Gasteiger partial charge >= 0.3 is 0 Å². The fourth-order valence-electron chi connectivity index (χ4n) is 2.90. The number of carbonyl (C=O) groups excluding carboxylic acids is 1. The lowest BCUT2D eigenvalue weighted by atomic mass is 10.1. The van der Waals surface area contributed by atoms with E-state index in [1.807, 2.05) is 74.7 Å². The maximum atomic E-state index is 12.8. The van der Waals surface area contributed by atoms with Crippen molar-refractivity contribution in [2.24, 2.45) is 0 Å². The highest BCUT2D eigenvalue weighted by molar-refractivity contribution is 7.98. The minimum absolute atomic E-state index is 0.181. The van der Waals surface area contributed by atoms with Crippen molar-refractivity contribution in [3.05, 3.63) is 82.4 Å². The first kappa shape index (κ1) is 22.1. The summed E-state index contributed by atoms with van der Waals surface area (Å²) in [5.74, 6) is 1.23. The van der Waals surface area contributed by atoms with E-state index in [4.69, 9.17) is 21.1 Å². The molecule has 0 saturated carbocycles. The third kappa shape index (κ3) is 5.71. The number of carbonyl (C=O) groups is 1. The molecule has 30 heavy (non-hydrogen) atoms. The number of ether oxygens (including phenoxy) is 2. The average Bonchev–Trinajstić information content (AvgIpc) is 2.75. The highest BCUT2D eigenvalue weighted by atomic mass is 35.5. The second-order valence-electron chi connectivity index (χ2n) is 6.64. The summed E-state index contributed by atoms with van der Waals surface area (Å²) in [6.45, 7) is 4.66. The van der Waals surface area contributed by atoms with Crippen LogP contribution in [0.15, 0.2) is 65.6 Å². The Hall–Kier alpha value is -2.63. The van der Waals surface area contributed by atoms with Gasteiger partial charge in [-0.05, 0) is 80.3 Å². The van der Waals surface area contributed by atoms with Crippen LogP contribution in [-0.4, -0.2) is 18.8 Å². The SMILES string of the molecule is CCOc1ccc(C(=O)Nc2cccc(SC)c2)cc1COc1ccc(Cl)c(C)c1. The lowest BCUT2D eigenvalue weighted by molar-refractivity contribution is 0.102. The van der Waals surface area contributed by atoms with Crippen LogP contribution in [0, 0.1) is 6.92 Å². The number of halogens is 1. The summed E-state index contributed by atoms with van der Waals surface area (Å²) in [6, 6.07) is 18.6. The molecule has 3 aromatic rings. The smallest absolute Gasteiger partial charge is 0.255 e. The van der Waals surface area contributed by atoms with E-state index in [0.717, 1.165) is 21.7 Å². The topological polar surface area (TPSA) is 47.6 Å². The van der Waals surface area contributed by atoms with Crippen molar-refractivity contribution in [3.8, 4) is 11.5 Å². The molecule has 0 aliphatic heterocycles. The van der Waals surface area contributed by atoms with Gasteiger partial charge in [-0.3, -0.25) is 4.79 Å². The lowest BCUT2D eigenvalue weighted by Gasteiger charge is -2.14. The van der Waals surface area contributed by atoms with Crippen LogP contribution in [0.25, 0.3) is 0 Å². The Labute approximate surface area is 186 Å². The van der Waals surface area contributed by atoms with E-state index < -0.39 is 0 Å². The first-order chi connectivity index (χ1) is 14.5. The number of anilines is 1. The van der Waals surface area contributed by atoms with Crippen LogP contribution < -0.4 is 14.8 Å². The van der Waals surface area contributed by atoms with Crippen molar-refractivity contribution >= 4 is 35.0 Å². The summed E-state index contributed by atoms with van der Waals surface area (Å²) in [7, 11) is 0. The van der Waals surface area contributed by atoms with Crippen LogP contribution in [0.3, 0.4) is 0 Å². The summed E-state index contributed by atoms with van der Waals surface area (Å²) < 4.78 is 11.6. The fourth-order valence-corrected chi connectivity index (χ4v) is 3.48. The molecule has 0 atom stereocenters. The van der Waals surface area contributed by atoms with Gasteiger partial charge in [0.05, 0.1) is 6.61 Å². The standard InChI is InChI=1S/C24H24ClNO3S/c1-4-28-23-11-8-17(24(27)26-19-6-5-7-21(14-19)30-3)13-18(23)15-29-20-9-10-22(25)16(2)12-20/h5-14H,4,15H2,1-3H3,(H,26,27). The van der Waals surface area contributed by atoms with E-state index in [2.05, 4.69) is 5.32 Å². The minimum atomic E-state index is -0.181. The molecule has 4 nitrogen and oxygen atoms in total. The van der Waals surface area contributed by atoms with Gasteiger partial charge in [0.15, 0.2) is 0 Å². The zero-order valence-electron chi connectivity index (χ0n) is 17.2. The number of hydrogen-bond donors (Lipinski definition) is 1. The Morgan fingerprint density at radius 2 is 1.90 bits per heavy atom. The number of amides is 1. The minimum Gasteiger partial charge on any atom is -0.493 e. The Kier molecular flexibility index (Phi) is 7.66. The molecule has 1 N–H and O–H groups in total. The van der Waals surface area contributed by atoms with Crippen LogP contribution in [-0.2, 0) is 6.61 Å². The van der Waals surface area contributed by atoms with Gasteiger partial charge in [0.1, 0.15) is 18.1 Å². The first-order valence-electron chi connectivity index (χ1n) is 9.60. The van der Waals surface area contributed by atoms with Gasteiger partial charge in [0.2, 0.25) is 0 Å². The molecule has 0 fully saturated rings. The molecule has 0 bridgehead atoms. The molecule has 0 heterocycles. The molecule has 0 saturated heterocycles.